The molecule has 0 radical (unpaired) electrons. The van der Waals surface area contributed by atoms with Crippen LogP contribution in [0.3, 0.4) is 0 Å². The van der Waals surface area contributed by atoms with Gasteiger partial charge in [-0.1, -0.05) is 12.1 Å². The Morgan fingerprint density at radius 3 is 2.66 bits per heavy atom. The van der Waals surface area contributed by atoms with Crippen molar-refractivity contribution in [3.05, 3.63) is 65.4 Å². The van der Waals surface area contributed by atoms with Crippen LogP contribution in [-0.2, 0) is 11.3 Å². The zero-order valence-corrected chi connectivity index (χ0v) is 17.4. The number of hydrogen-bond donors (Lipinski definition) is 0. The van der Waals surface area contributed by atoms with Crippen LogP contribution in [0.4, 0.5) is 5.69 Å². The molecule has 1 aliphatic heterocycles. The molecule has 150 valence electrons. The van der Waals surface area contributed by atoms with Crippen LogP contribution in [0.1, 0.15) is 23.2 Å². The molecule has 5 nitrogen and oxygen atoms in total. The second kappa shape index (κ2) is 9.13. The Bertz CT molecular complexity index is 1030. The second-order valence-electron chi connectivity index (χ2n) is 7.15. The number of hydrogen-bond acceptors (Lipinski definition) is 5. The van der Waals surface area contributed by atoms with Gasteiger partial charge in [0.15, 0.2) is 0 Å². The summed E-state index contributed by atoms with van der Waals surface area (Å²) in [5.74, 6) is 0.789. The normalized spacial score (nSPS) is 15.8. The largest absolute Gasteiger partial charge is 0.489 e. The fourth-order valence-corrected chi connectivity index (χ4v) is 3.65. The number of methoxy groups -OCH3 is 1. The summed E-state index contributed by atoms with van der Waals surface area (Å²) in [4.78, 5) is 7.09. The van der Waals surface area contributed by atoms with E-state index in [1.54, 1.807) is 19.2 Å². The van der Waals surface area contributed by atoms with Crippen molar-refractivity contribution in [1.29, 1.82) is 5.26 Å². The van der Waals surface area contributed by atoms with Crippen molar-refractivity contribution in [2.75, 3.05) is 25.1 Å². The van der Waals surface area contributed by atoms with Crippen LogP contribution in [-0.4, -0.2) is 31.3 Å². The average Bonchev–Trinajstić information content (AvgIpc) is 3.21. The minimum Gasteiger partial charge on any atom is -0.489 e. The molecule has 0 spiro atoms. The first-order chi connectivity index (χ1) is 13.7. The summed E-state index contributed by atoms with van der Waals surface area (Å²) in [6.07, 6.45) is 1.34. The maximum Gasteiger partial charge on any atom is 0.122 e. The molecule has 1 unspecified atom stereocenters. The highest BCUT2D eigenvalue weighted by Crippen LogP contribution is 2.32. The van der Waals surface area contributed by atoms with Crippen molar-refractivity contribution < 1.29 is 9.47 Å². The van der Waals surface area contributed by atoms with Gasteiger partial charge in [0.1, 0.15) is 12.4 Å². The number of aryl methyl sites for hydroxylation is 1. The van der Waals surface area contributed by atoms with Gasteiger partial charge in [-0.05, 0) is 49.2 Å². The lowest BCUT2D eigenvalue weighted by Gasteiger charge is -2.21. The summed E-state index contributed by atoms with van der Waals surface area (Å²) in [7, 11) is 1.78. The molecule has 1 aromatic heterocycles. The van der Waals surface area contributed by atoms with E-state index in [2.05, 4.69) is 23.1 Å². The molecule has 1 atom stereocenters. The molecule has 1 aliphatic rings. The van der Waals surface area contributed by atoms with Crippen LogP contribution in [0.15, 0.2) is 48.5 Å². The van der Waals surface area contributed by atoms with Gasteiger partial charge in [0.25, 0.3) is 0 Å². The summed E-state index contributed by atoms with van der Waals surface area (Å²) in [6.45, 7) is 4.38. The lowest BCUT2D eigenvalue weighted by Crippen LogP contribution is -2.22. The predicted octanol–water partition coefficient (Wildman–Crippen LogP) is 4.64. The van der Waals surface area contributed by atoms with Gasteiger partial charge >= 0.3 is 0 Å². The zero-order valence-electron chi connectivity index (χ0n) is 16.6. The number of nitrogens with zero attached hydrogens (tertiary/aromatic N) is 3. The number of pyridine rings is 1. The standard InChI is InChI=1S/C23H23N3O2.ClH/c1-16-11-23(26-10-9-20(14-26)27-2)21-8-7-19(12-22(21)25-16)28-15-18-5-3-17(13-24)4-6-18;/h3-8,11-12,20H,9-10,14-15H2,1-2H3;1H. The molecule has 1 fully saturated rings. The van der Waals surface area contributed by atoms with Crippen LogP contribution in [0.2, 0.25) is 0 Å². The van der Waals surface area contributed by atoms with E-state index in [-0.39, 0.29) is 12.4 Å². The summed E-state index contributed by atoms with van der Waals surface area (Å²) in [6, 6.07) is 17.8. The average molecular weight is 410 g/mol. The fourth-order valence-electron chi connectivity index (χ4n) is 3.65. The minimum atomic E-state index is 0. The smallest absolute Gasteiger partial charge is 0.122 e. The number of anilines is 1. The molecule has 1 saturated heterocycles. The van der Waals surface area contributed by atoms with Crippen LogP contribution < -0.4 is 9.64 Å². The molecule has 3 aromatic rings. The van der Waals surface area contributed by atoms with Gasteiger partial charge in [-0.25, -0.2) is 0 Å². The Morgan fingerprint density at radius 1 is 1.17 bits per heavy atom. The Balaban J connectivity index is 0.00000240. The third-order valence-electron chi connectivity index (χ3n) is 5.20. The number of fused-ring (bicyclic) bond motifs is 1. The van der Waals surface area contributed by atoms with E-state index in [1.807, 2.05) is 31.2 Å². The number of aromatic nitrogens is 1. The maximum atomic E-state index is 8.89. The van der Waals surface area contributed by atoms with Crippen molar-refractivity contribution in [3.8, 4) is 11.8 Å². The molecule has 2 heterocycles. The molecule has 0 amide bonds. The third-order valence-corrected chi connectivity index (χ3v) is 5.20. The number of halogens is 1. The molecule has 0 saturated carbocycles. The Morgan fingerprint density at radius 2 is 1.97 bits per heavy atom. The molecular weight excluding hydrogens is 386 g/mol. The molecule has 0 aliphatic carbocycles. The summed E-state index contributed by atoms with van der Waals surface area (Å²) >= 11 is 0. The van der Waals surface area contributed by atoms with Crippen LogP contribution in [0, 0.1) is 18.3 Å². The van der Waals surface area contributed by atoms with Crippen molar-refractivity contribution in [1.82, 2.24) is 4.98 Å². The number of ether oxygens (including phenoxy) is 2. The van der Waals surface area contributed by atoms with E-state index in [4.69, 9.17) is 19.7 Å². The van der Waals surface area contributed by atoms with Crippen molar-refractivity contribution in [2.24, 2.45) is 0 Å². The van der Waals surface area contributed by atoms with E-state index in [1.165, 1.54) is 5.69 Å². The van der Waals surface area contributed by atoms with Gasteiger partial charge in [-0.15, -0.1) is 12.4 Å². The van der Waals surface area contributed by atoms with E-state index < -0.39 is 0 Å². The summed E-state index contributed by atoms with van der Waals surface area (Å²) in [5, 5.41) is 10.0. The number of nitriles is 1. The van der Waals surface area contributed by atoms with Gasteiger partial charge in [-0.2, -0.15) is 5.26 Å². The van der Waals surface area contributed by atoms with Crippen LogP contribution in [0.25, 0.3) is 10.9 Å². The Labute approximate surface area is 177 Å². The molecule has 0 bridgehead atoms. The van der Waals surface area contributed by atoms with E-state index >= 15 is 0 Å². The summed E-state index contributed by atoms with van der Waals surface area (Å²) < 4.78 is 11.5. The second-order valence-corrected chi connectivity index (χ2v) is 7.15. The molecule has 0 N–H and O–H groups in total. The molecule has 6 heteroatoms. The first-order valence-electron chi connectivity index (χ1n) is 9.47. The van der Waals surface area contributed by atoms with E-state index in [9.17, 15) is 0 Å². The van der Waals surface area contributed by atoms with Crippen molar-refractivity contribution in [2.45, 2.75) is 26.1 Å². The third kappa shape index (κ3) is 4.61. The topological polar surface area (TPSA) is 58.4 Å². The summed E-state index contributed by atoms with van der Waals surface area (Å²) in [5.41, 5.74) is 4.82. The molecule has 4 rings (SSSR count). The zero-order chi connectivity index (χ0) is 19.5. The highest BCUT2D eigenvalue weighted by atomic mass is 35.5. The number of benzene rings is 2. The monoisotopic (exact) mass is 409 g/mol. The van der Waals surface area contributed by atoms with Gasteiger partial charge in [0, 0.05) is 43.0 Å². The SMILES string of the molecule is COC1CCN(c2cc(C)nc3cc(OCc4ccc(C#N)cc4)ccc23)C1.Cl. The molecule has 29 heavy (non-hydrogen) atoms. The lowest BCUT2D eigenvalue weighted by molar-refractivity contribution is 0.121. The first-order valence-corrected chi connectivity index (χ1v) is 9.47. The maximum absolute atomic E-state index is 8.89. The highest BCUT2D eigenvalue weighted by molar-refractivity contribution is 5.93. The van der Waals surface area contributed by atoms with E-state index in [0.717, 1.165) is 47.4 Å². The van der Waals surface area contributed by atoms with E-state index in [0.29, 0.717) is 18.3 Å². The quantitative estimate of drug-likeness (QED) is 0.614. The Hall–Kier alpha value is -2.81. The van der Waals surface area contributed by atoms with Crippen molar-refractivity contribution in [3.63, 3.8) is 0 Å². The predicted molar refractivity (Wildman–Crippen MR) is 117 cm³/mol. The minimum absolute atomic E-state index is 0. The molecule has 2 aromatic carbocycles. The molecular formula is C23H24ClN3O2. The van der Waals surface area contributed by atoms with Crippen molar-refractivity contribution >= 4 is 29.0 Å². The Kier molecular flexibility index (Phi) is 6.58. The first kappa shape index (κ1) is 20.9. The van der Waals surface area contributed by atoms with Gasteiger partial charge in [0.2, 0.25) is 0 Å². The highest BCUT2D eigenvalue weighted by Gasteiger charge is 2.24. The van der Waals surface area contributed by atoms with Crippen LogP contribution >= 0.6 is 12.4 Å². The van der Waals surface area contributed by atoms with Gasteiger partial charge < -0.3 is 14.4 Å². The van der Waals surface area contributed by atoms with Gasteiger partial charge in [0.05, 0.1) is 23.3 Å². The number of rotatable bonds is 5. The van der Waals surface area contributed by atoms with Gasteiger partial charge in [-0.3, -0.25) is 4.98 Å². The fraction of sp³-hybridized carbons (Fsp3) is 0.304. The van der Waals surface area contributed by atoms with Crippen LogP contribution in [0.5, 0.6) is 5.75 Å². The lowest BCUT2D eigenvalue weighted by atomic mass is 10.1.